The van der Waals surface area contributed by atoms with Crippen LogP contribution >= 0.6 is 0 Å². The van der Waals surface area contributed by atoms with E-state index in [1.54, 1.807) is 18.2 Å². The second-order valence-electron chi connectivity index (χ2n) is 7.80. The molecule has 7 nitrogen and oxygen atoms in total. The zero-order valence-electron chi connectivity index (χ0n) is 17.4. The lowest BCUT2D eigenvalue weighted by atomic mass is 9.90. The number of nitrogens with one attached hydrogen (secondary N) is 1. The van der Waals surface area contributed by atoms with Crippen molar-refractivity contribution < 1.29 is 9.59 Å². The van der Waals surface area contributed by atoms with E-state index < -0.39 is 0 Å². The minimum atomic E-state index is -0.293. The van der Waals surface area contributed by atoms with E-state index in [0.29, 0.717) is 41.6 Å². The van der Waals surface area contributed by atoms with Gasteiger partial charge in [-0.05, 0) is 73.2 Å². The van der Waals surface area contributed by atoms with Crippen LogP contribution in [-0.2, 0) is 0 Å². The minimum absolute atomic E-state index is 0.0159. The van der Waals surface area contributed by atoms with E-state index in [4.69, 9.17) is 5.73 Å². The van der Waals surface area contributed by atoms with E-state index in [1.165, 1.54) is 11.8 Å². The molecule has 158 valence electrons. The molecule has 1 aromatic carbocycles. The molecule has 2 aromatic heterocycles. The number of nitrogens with zero attached hydrogens (tertiary/aromatic N) is 3. The number of carbonyl (C=O) groups excluding carboxylic acids is 2. The highest BCUT2D eigenvalue weighted by atomic mass is 16.2. The van der Waals surface area contributed by atoms with Crippen LogP contribution in [0.3, 0.4) is 0 Å². The normalized spacial score (nSPS) is 14.3. The molecular formula is C24H25N5O2. The van der Waals surface area contributed by atoms with Crippen molar-refractivity contribution in [3.8, 4) is 0 Å². The van der Waals surface area contributed by atoms with Crippen molar-refractivity contribution in [2.75, 3.05) is 24.1 Å². The van der Waals surface area contributed by atoms with E-state index in [1.807, 2.05) is 48.5 Å². The highest BCUT2D eigenvalue weighted by Gasteiger charge is 2.25. The number of likely N-dealkylation sites (tertiary alicyclic amines) is 1. The fourth-order valence-electron chi connectivity index (χ4n) is 3.86. The van der Waals surface area contributed by atoms with Gasteiger partial charge in [-0.3, -0.25) is 14.6 Å². The third-order valence-electron chi connectivity index (χ3n) is 5.74. The van der Waals surface area contributed by atoms with Crippen molar-refractivity contribution >= 4 is 23.3 Å². The second-order valence-corrected chi connectivity index (χ2v) is 7.80. The molecule has 0 bridgehead atoms. The number of hydrogen-bond donors (Lipinski definition) is 2. The average Bonchev–Trinajstić information content (AvgIpc) is 2.81. The average molecular weight is 415 g/mol. The first kappa shape index (κ1) is 20.5. The molecule has 4 rings (SSSR count). The van der Waals surface area contributed by atoms with E-state index in [-0.39, 0.29) is 11.8 Å². The van der Waals surface area contributed by atoms with Crippen LogP contribution in [0.5, 0.6) is 0 Å². The Labute approximate surface area is 181 Å². The number of benzene rings is 1. The SMILES string of the molecule is Cc1ccc(C(=O)N2CCC(c3ccncc3)CC2)cc1NC(=O)c1ccc(N)nc1. The fourth-order valence-corrected chi connectivity index (χ4v) is 3.86. The number of nitrogen functional groups attached to an aromatic ring is 1. The van der Waals surface area contributed by atoms with Crippen LogP contribution < -0.4 is 11.1 Å². The molecule has 0 unspecified atom stereocenters. The molecule has 3 heterocycles. The quantitative estimate of drug-likeness (QED) is 0.677. The maximum Gasteiger partial charge on any atom is 0.257 e. The predicted octanol–water partition coefficient (Wildman–Crippen LogP) is 3.64. The zero-order valence-corrected chi connectivity index (χ0v) is 17.4. The molecule has 0 radical (unpaired) electrons. The highest BCUT2D eigenvalue weighted by Crippen LogP contribution is 2.28. The van der Waals surface area contributed by atoms with Crippen molar-refractivity contribution in [3.05, 3.63) is 83.3 Å². The van der Waals surface area contributed by atoms with Crippen molar-refractivity contribution in [1.29, 1.82) is 0 Å². The first-order valence-corrected chi connectivity index (χ1v) is 10.3. The van der Waals surface area contributed by atoms with Gasteiger partial charge in [0.2, 0.25) is 0 Å². The van der Waals surface area contributed by atoms with Gasteiger partial charge in [0.15, 0.2) is 0 Å². The van der Waals surface area contributed by atoms with E-state index >= 15 is 0 Å². The third kappa shape index (κ3) is 4.71. The Morgan fingerprint density at radius 1 is 1.03 bits per heavy atom. The number of rotatable bonds is 4. The van der Waals surface area contributed by atoms with Crippen LogP contribution in [0, 0.1) is 6.92 Å². The van der Waals surface area contributed by atoms with Gasteiger partial charge in [-0.2, -0.15) is 0 Å². The Balaban J connectivity index is 1.43. The number of hydrogen-bond acceptors (Lipinski definition) is 5. The molecule has 1 aliphatic rings. The number of pyridine rings is 2. The Morgan fingerprint density at radius 3 is 2.42 bits per heavy atom. The van der Waals surface area contributed by atoms with Gasteiger partial charge in [-0.25, -0.2) is 4.98 Å². The van der Waals surface area contributed by atoms with Crippen molar-refractivity contribution in [1.82, 2.24) is 14.9 Å². The molecule has 0 saturated carbocycles. The van der Waals surface area contributed by atoms with E-state index in [9.17, 15) is 9.59 Å². The zero-order chi connectivity index (χ0) is 21.8. The first-order valence-electron chi connectivity index (χ1n) is 10.3. The van der Waals surface area contributed by atoms with Crippen molar-refractivity contribution in [2.24, 2.45) is 0 Å². The summed E-state index contributed by atoms with van der Waals surface area (Å²) < 4.78 is 0. The number of piperidine rings is 1. The molecule has 31 heavy (non-hydrogen) atoms. The lowest BCUT2D eigenvalue weighted by Gasteiger charge is -2.32. The van der Waals surface area contributed by atoms with Gasteiger partial charge in [-0.1, -0.05) is 6.07 Å². The Kier molecular flexibility index (Phi) is 5.93. The summed E-state index contributed by atoms with van der Waals surface area (Å²) in [5, 5.41) is 2.88. The maximum atomic E-state index is 13.1. The van der Waals surface area contributed by atoms with Crippen LogP contribution in [0.25, 0.3) is 0 Å². The summed E-state index contributed by atoms with van der Waals surface area (Å²) in [5.41, 5.74) is 9.32. The van der Waals surface area contributed by atoms with Gasteiger partial charge in [0, 0.05) is 42.9 Å². The topological polar surface area (TPSA) is 101 Å². The van der Waals surface area contributed by atoms with E-state index in [0.717, 1.165) is 18.4 Å². The third-order valence-corrected chi connectivity index (χ3v) is 5.74. The summed E-state index contributed by atoms with van der Waals surface area (Å²) in [6.45, 7) is 3.31. The van der Waals surface area contributed by atoms with Crippen LogP contribution in [0.2, 0.25) is 0 Å². The summed E-state index contributed by atoms with van der Waals surface area (Å²) in [6.07, 6.45) is 6.91. The van der Waals surface area contributed by atoms with Gasteiger partial charge in [0.25, 0.3) is 11.8 Å². The van der Waals surface area contributed by atoms with Gasteiger partial charge in [0.05, 0.1) is 5.56 Å². The number of anilines is 2. The number of carbonyl (C=O) groups is 2. The fraction of sp³-hybridized carbons (Fsp3) is 0.250. The molecule has 1 aliphatic heterocycles. The predicted molar refractivity (Wildman–Crippen MR) is 120 cm³/mol. The largest absolute Gasteiger partial charge is 0.384 e. The molecule has 2 amide bonds. The van der Waals surface area contributed by atoms with Crippen LogP contribution in [0.1, 0.15) is 50.6 Å². The maximum absolute atomic E-state index is 13.1. The molecule has 1 saturated heterocycles. The summed E-state index contributed by atoms with van der Waals surface area (Å²) in [6, 6.07) is 12.7. The van der Waals surface area contributed by atoms with E-state index in [2.05, 4.69) is 15.3 Å². The molecule has 7 heteroatoms. The molecule has 3 aromatic rings. The molecular weight excluding hydrogens is 390 g/mol. The number of nitrogens with two attached hydrogens (primary N) is 1. The van der Waals surface area contributed by atoms with Crippen LogP contribution in [-0.4, -0.2) is 39.8 Å². The number of aromatic nitrogens is 2. The lowest BCUT2D eigenvalue weighted by molar-refractivity contribution is 0.0712. The molecule has 0 aliphatic carbocycles. The number of aryl methyl sites for hydroxylation is 1. The summed E-state index contributed by atoms with van der Waals surface area (Å²) in [5.74, 6) is 0.498. The van der Waals surface area contributed by atoms with Crippen molar-refractivity contribution in [2.45, 2.75) is 25.7 Å². The summed E-state index contributed by atoms with van der Waals surface area (Å²) >= 11 is 0. The minimum Gasteiger partial charge on any atom is -0.384 e. The number of amides is 2. The van der Waals surface area contributed by atoms with Crippen LogP contribution in [0.4, 0.5) is 11.5 Å². The molecule has 1 fully saturated rings. The molecule has 3 N–H and O–H groups in total. The summed E-state index contributed by atoms with van der Waals surface area (Å²) in [7, 11) is 0. The van der Waals surface area contributed by atoms with Gasteiger partial charge in [-0.15, -0.1) is 0 Å². The standard InChI is InChI=1S/C24H25N5O2/c1-16-2-3-19(14-21(16)28-23(30)20-4-5-22(25)27-15-20)24(31)29-12-8-18(9-13-29)17-6-10-26-11-7-17/h2-7,10-11,14-15,18H,8-9,12-13H2,1H3,(H2,25,27)(H,28,30). The molecule has 0 atom stereocenters. The van der Waals surface area contributed by atoms with Gasteiger partial charge in [0.1, 0.15) is 5.82 Å². The van der Waals surface area contributed by atoms with Crippen LogP contribution in [0.15, 0.2) is 61.1 Å². The Morgan fingerprint density at radius 2 is 1.74 bits per heavy atom. The molecule has 0 spiro atoms. The van der Waals surface area contributed by atoms with Gasteiger partial charge < -0.3 is 16.0 Å². The Bertz CT molecular complexity index is 1070. The first-order chi connectivity index (χ1) is 15.0. The second kappa shape index (κ2) is 8.95. The lowest BCUT2D eigenvalue weighted by Crippen LogP contribution is -2.38. The smallest absolute Gasteiger partial charge is 0.257 e. The monoisotopic (exact) mass is 415 g/mol. The highest BCUT2D eigenvalue weighted by molar-refractivity contribution is 6.05. The van der Waals surface area contributed by atoms with Crippen molar-refractivity contribution in [3.63, 3.8) is 0 Å². The van der Waals surface area contributed by atoms with Gasteiger partial charge >= 0.3 is 0 Å². The Hall–Kier alpha value is -3.74. The summed E-state index contributed by atoms with van der Waals surface area (Å²) in [4.78, 5) is 35.5.